The topological polar surface area (TPSA) is 57.6 Å². The summed E-state index contributed by atoms with van der Waals surface area (Å²) in [4.78, 5) is 16.4. The Morgan fingerprint density at radius 1 is 1.09 bits per heavy atom. The molecule has 1 aliphatic rings. The van der Waals surface area contributed by atoms with Crippen LogP contribution in [-0.2, 0) is 11.0 Å². The highest BCUT2D eigenvalue weighted by Gasteiger charge is 2.34. The molecule has 1 atom stereocenters. The SMILES string of the molecule is O=C(CN1CC(c2ccc(C(F)(F)F)cn2)C(c2ccc(F)cc2)=N1)Nc1ccc(Cl)cc1F. The lowest BCUT2D eigenvalue weighted by molar-refractivity contribution is -0.137. The van der Waals surface area contributed by atoms with E-state index in [1.165, 1.54) is 47.5 Å². The lowest BCUT2D eigenvalue weighted by atomic mass is 9.94. The number of rotatable bonds is 5. The van der Waals surface area contributed by atoms with E-state index in [1.807, 2.05) is 0 Å². The minimum atomic E-state index is -4.53. The molecule has 1 aliphatic heterocycles. The van der Waals surface area contributed by atoms with Crippen molar-refractivity contribution < 1.29 is 26.7 Å². The third kappa shape index (κ3) is 5.33. The molecule has 2 aromatic carbocycles. The summed E-state index contributed by atoms with van der Waals surface area (Å²) >= 11 is 5.71. The number of halogens is 6. The van der Waals surface area contributed by atoms with Crippen molar-refractivity contribution in [2.45, 2.75) is 12.1 Å². The summed E-state index contributed by atoms with van der Waals surface area (Å²) in [5, 5.41) is 8.43. The predicted octanol–water partition coefficient (Wildman–Crippen LogP) is 5.47. The first-order valence-corrected chi connectivity index (χ1v) is 10.4. The van der Waals surface area contributed by atoms with E-state index in [-0.39, 0.29) is 23.8 Å². The molecule has 2 heterocycles. The van der Waals surface area contributed by atoms with Gasteiger partial charge in [-0.1, -0.05) is 23.7 Å². The maximum absolute atomic E-state index is 14.0. The van der Waals surface area contributed by atoms with Gasteiger partial charge in [0.2, 0.25) is 5.91 Å². The van der Waals surface area contributed by atoms with E-state index in [9.17, 15) is 26.7 Å². The maximum Gasteiger partial charge on any atom is 0.417 e. The van der Waals surface area contributed by atoms with Gasteiger partial charge in [-0.3, -0.25) is 14.8 Å². The molecule has 1 amide bonds. The second kappa shape index (κ2) is 9.38. The number of alkyl halides is 3. The van der Waals surface area contributed by atoms with Crippen molar-refractivity contribution >= 4 is 28.9 Å². The van der Waals surface area contributed by atoms with Gasteiger partial charge in [-0.2, -0.15) is 18.3 Å². The highest BCUT2D eigenvalue weighted by Crippen LogP contribution is 2.32. The fourth-order valence-corrected chi connectivity index (χ4v) is 3.66. The predicted molar refractivity (Wildman–Crippen MR) is 117 cm³/mol. The monoisotopic (exact) mass is 494 g/mol. The molecule has 0 aliphatic carbocycles. The Hall–Kier alpha value is -3.53. The summed E-state index contributed by atoms with van der Waals surface area (Å²) in [7, 11) is 0. The molecule has 0 saturated heterocycles. The Morgan fingerprint density at radius 3 is 2.44 bits per heavy atom. The van der Waals surface area contributed by atoms with Crippen molar-refractivity contribution in [3.8, 4) is 0 Å². The molecule has 1 unspecified atom stereocenters. The molecule has 0 fully saturated rings. The Bertz CT molecular complexity index is 1230. The molecule has 4 rings (SSSR count). The first kappa shape index (κ1) is 23.6. The van der Waals surface area contributed by atoms with Gasteiger partial charge in [0.25, 0.3) is 0 Å². The Kier molecular flexibility index (Phi) is 6.52. The summed E-state index contributed by atoms with van der Waals surface area (Å²) in [5.41, 5.74) is 0.299. The largest absolute Gasteiger partial charge is 0.417 e. The smallest absolute Gasteiger partial charge is 0.322 e. The molecule has 0 radical (unpaired) electrons. The van der Waals surface area contributed by atoms with E-state index in [4.69, 9.17) is 11.6 Å². The second-order valence-corrected chi connectivity index (χ2v) is 7.97. The number of pyridine rings is 1. The van der Waals surface area contributed by atoms with E-state index in [2.05, 4.69) is 15.4 Å². The number of anilines is 1. The van der Waals surface area contributed by atoms with E-state index in [0.717, 1.165) is 18.3 Å². The first-order valence-electron chi connectivity index (χ1n) is 9.97. The zero-order valence-electron chi connectivity index (χ0n) is 17.3. The highest BCUT2D eigenvalue weighted by molar-refractivity contribution is 6.30. The van der Waals surface area contributed by atoms with Crippen LogP contribution in [0.15, 0.2) is 65.9 Å². The van der Waals surface area contributed by atoms with E-state index < -0.39 is 35.2 Å². The summed E-state index contributed by atoms with van der Waals surface area (Å²) in [6.07, 6.45) is -3.80. The van der Waals surface area contributed by atoms with Crippen LogP contribution in [0.5, 0.6) is 0 Å². The highest BCUT2D eigenvalue weighted by atomic mass is 35.5. The molecule has 1 aromatic heterocycles. The van der Waals surface area contributed by atoms with Crippen molar-refractivity contribution in [1.82, 2.24) is 9.99 Å². The van der Waals surface area contributed by atoms with Crippen LogP contribution in [0.2, 0.25) is 5.02 Å². The summed E-state index contributed by atoms with van der Waals surface area (Å²) in [6, 6.07) is 11.4. The van der Waals surface area contributed by atoms with Gasteiger partial charge in [0, 0.05) is 11.2 Å². The second-order valence-electron chi connectivity index (χ2n) is 7.53. The van der Waals surface area contributed by atoms with Crippen molar-refractivity contribution in [1.29, 1.82) is 0 Å². The van der Waals surface area contributed by atoms with Crippen LogP contribution in [0.1, 0.15) is 22.7 Å². The first-order chi connectivity index (χ1) is 16.1. The van der Waals surface area contributed by atoms with Crippen molar-refractivity contribution in [3.63, 3.8) is 0 Å². The minimum absolute atomic E-state index is 0.0581. The molecule has 3 aromatic rings. The Morgan fingerprint density at radius 2 is 1.82 bits per heavy atom. The van der Waals surface area contributed by atoms with Crippen molar-refractivity contribution in [3.05, 3.63) is 94.3 Å². The molecule has 0 bridgehead atoms. The molecule has 0 spiro atoms. The van der Waals surface area contributed by atoms with Crippen LogP contribution < -0.4 is 5.32 Å². The molecular formula is C23H16ClF5N4O. The molecule has 1 N–H and O–H groups in total. The van der Waals surface area contributed by atoms with Crippen LogP contribution in [0.25, 0.3) is 0 Å². The zero-order chi connectivity index (χ0) is 24.5. The molecule has 11 heteroatoms. The Labute approximate surface area is 195 Å². The van der Waals surface area contributed by atoms with Crippen LogP contribution in [0.4, 0.5) is 27.6 Å². The molecule has 176 valence electrons. The van der Waals surface area contributed by atoms with Gasteiger partial charge < -0.3 is 5.32 Å². The van der Waals surface area contributed by atoms with Crippen LogP contribution in [-0.4, -0.2) is 34.7 Å². The molecule has 0 saturated carbocycles. The fourth-order valence-electron chi connectivity index (χ4n) is 3.50. The zero-order valence-corrected chi connectivity index (χ0v) is 18.0. The number of nitrogens with zero attached hydrogens (tertiary/aromatic N) is 3. The number of hydrogen-bond donors (Lipinski definition) is 1. The van der Waals surface area contributed by atoms with Crippen molar-refractivity contribution in [2.75, 3.05) is 18.4 Å². The molecule has 34 heavy (non-hydrogen) atoms. The lowest BCUT2D eigenvalue weighted by Gasteiger charge is -2.16. The average Bonchev–Trinajstić information content (AvgIpc) is 3.19. The third-order valence-corrected chi connectivity index (χ3v) is 5.35. The third-order valence-electron chi connectivity index (χ3n) is 5.11. The number of hydrogen-bond acceptors (Lipinski definition) is 4. The quantitative estimate of drug-likeness (QED) is 0.478. The Balaban J connectivity index is 1.57. The fraction of sp³-hybridized carbons (Fsp3) is 0.174. The van der Waals surface area contributed by atoms with Gasteiger partial charge in [-0.15, -0.1) is 0 Å². The number of hydrazone groups is 1. The van der Waals surface area contributed by atoms with Crippen LogP contribution in [0.3, 0.4) is 0 Å². The maximum atomic E-state index is 14.0. The number of benzene rings is 2. The summed E-state index contributed by atoms with van der Waals surface area (Å²) in [5.74, 6) is -2.31. The van der Waals surface area contributed by atoms with Crippen molar-refractivity contribution in [2.24, 2.45) is 5.10 Å². The molecule has 5 nitrogen and oxygen atoms in total. The number of amides is 1. The van der Waals surface area contributed by atoms with Crippen LogP contribution in [0, 0.1) is 11.6 Å². The number of carbonyl (C=O) groups is 1. The normalized spacial score (nSPS) is 15.9. The molecular weight excluding hydrogens is 479 g/mol. The number of carbonyl (C=O) groups excluding carboxylic acids is 1. The van der Waals surface area contributed by atoms with E-state index in [1.54, 1.807) is 0 Å². The van der Waals surface area contributed by atoms with Crippen LogP contribution >= 0.6 is 11.6 Å². The standard InChI is InChI=1S/C23H16ClF5N4O/c24-15-4-8-20(18(26)9-15)31-21(34)12-33-11-17(19-7-3-14(10-30-19)23(27,28)29)22(32-33)13-1-5-16(25)6-2-13/h1-10,17H,11-12H2,(H,31,34). The van der Waals surface area contributed by atoms with Gasteiger partial charge in [0.1, 0.15) is 18.2 Å². The summed E-state index contributed by atoms with van der Waals surface area (Å²) in [6.45, 7) is -0.133. The van der Waals surface area contributed by atoms with Gasteiger partial charge >= 0.3 is 6.18 Å². The van der Waals surface area contributed by atoms with E-state index in [0.29, 0.717) is 17.0 Å². The van der Waals surface area contributed by atoms with Gasteiger partial charge in [0.05, 0.1) is 35.1 Å². The van der Waals surface area contributed by atoms with Gasteiger partial charge in [-0.25, -0.2) is 8.78 Å². The average molecular weight is 495 g/mol. The van der Waals surface area contributed by atoms with Gasteiger partial charge in [0.15, 0.2) is 0 Å². The van der Waals surface area contributed by atoms with Gasteiger partial charge in [-0.05, 0) is 48.0 Å². The van der Waals surface area contributed by atoms with E-state index >= 15 is 0 Å². The lowest BCUT2D eigenvalue weighted by Crippen LogP contribution is -2.29. The number of aromatic nitrogens is 1. The number of nitrogens with one attached hydrogen (secondary N) is 1. The summed E-state index contributed by atoms with van der Waals surface area (Å²) < 4.78 is 66.2. The minimum Gasteiger partial charge on any atom is -0.322 e.